The summed E-state index contributed by atoms with van der Waals surface area (Å²) in [6.07, 6.45) is 10.6. The molecule has 0 bridgehead atoms. The van der Waals surface area contributed by atoms with Crippen LogP contribution in [-0.4, -0.2) is 54.8 Å². The summed E-state index contributed by atoms with van der Waals surface area (Å²) in [5, 5.41) is 0. The zero-order valence-electron chi connectivity index (χ0n) is 14.9. The largest absolute Gasteiger partial charge is 0.380 e. The highest BCUT2D eigenvalue weighted by molar-refractivity contribution is 5.94. The fourth-order valence-electron chi connectivity index (χ4n) is 4.44. The van der Waals surface area contributed by atoms with E-state index in [0.717, 1.165) is 57.0 Å². The predicted octanol–water partition coefficient (Wildman–Crippen LogP) is 2.91. The van der Waals surface area contributed by atoms with Gasteiger partial charge in [-0.05, 0) is 50.2 Å². The van der Waals surface area contributed by atoms with Gasteiger partial charge in [-0.2, -0.15) is 0 Å². The molecule has 5 nitrogen and oxygen atoms in total. The molecule has 0 unspecified atom stereocenters. The molecule has 3 aliphatic rings. The standard InChI is InChI=1S/C20H28N2O3/c23-19(17-5-9-21-10-6-17)22-11-7-18-20(14-22,8-2-12-25-18)15-24-13-16-3-1-4-16/h5-6,9-10,16,18H,1-4,7-8,11-15H2/t18-,20-/m0/s1. The molecule has 0 N–H and O–H groups in total. The van der Waals surface area contributed by atoms with E-state index in [9.17, 15) is 4.79 Å². The van der Waals surface area contributed by atoms with Crippen molar-refractivity contribution in [2.45, 2.75) is 44.6 Å². The van der Waals surface area contributed by atoms with Gasteiger partial charge >= 0.3 is 0 Å². The molecule has 1 aromatic heterocycles. The summed E-state index contributed by atoms with van der Waals surface area (Å²) in [5.74, 6) is 0.849. The number of ether oxygens (including phenoxy) is 2. The van der Waals surface area contributed by atoms with E-state index in [0.29, 0.717) is 6.61 Å². The molecule has 2 saturated heterocycles. The van der Waals surface area contributed by atoms with Gasteiger partial charge in [0.05, 0.1) is 12.7 Å². The fraction of sp³-hybridized carbons (Fsp3) is 0.700. The molecule has 1 aromatic rings. The SMILES string of the molecule is O=C(c1ccncc1)N1CC[C@@H]2OCCC[C@@]2(COCC2CCC2)C1. The van der Waals surface area contributed by atoms with Gasteiger partial charge in [-0.25, -0.2) is 0 Å². The predicted molar refractivity (Wildman–Crippen MR) is 94.3 cm³/mol. The molecular weight excluding hydrogens is 316 g/mol. The molecule has 2 aliphatic heterocycles. The highest BCUT2D eigenvalue weighted by Crippen LogP contribution is 2.41. The number of fused-ring (bicyclic) bond motifs is 1. The maximum Gasteiger partial charge on any atom is 0.253 e. The highest BCUT2D eigenvalue weighted by Gasteiger charge is 2.47. The summed E-state index contributed by atoms with van der Waals surface area (Å²) in [4.78, 5) is 18.9. The molecule has 5 heteroatoms. The Kier molecular flexibility index (Phi) is 5.04. The zero-order valence-corrected chi connectivity index (χ0v) is 14.9. The van der Waals surface area contributed by atoms with E-state index >= 15 is 0 Å². The number of nitrogens with zero attached hydrogens (tertiary/aromatic N) is 2. The molecule has 1 aliphatic carbocycles. The number of rotatable bonds is 5. The smallest absolute Gasteiger partial charge is 0.253 e. The van der Waals surface area contributed by atoms with Crippen molar-refractivity contribution in [1.29, 1.82) is 0 Å². The summed E-state index contributed by atoms with van der Waals surface area (Å²) in [6.45, 7) is 3.92. The number of carbonyl (C=O) groups is 1. The van der Waals surface area contributed by atoms with Gasteiger partial charge in [0.2, 0.25) is 0 Å². The van der Waals surface area contributed by atoms with E-state index in [-0.39, 0.29) is 17.4 Å². The Morgan fingerprint density at radius 2 is 2.12 bits per heavy atom. The Balaban J connectivity index is 1.44. The van der Waals surface area contributed by atoms with Crippen molar-refractivity contribution in [1.82, 2.24) is 9.88 Å². The third-order valence-electron chi connectivity index (χ3n) is 6.17. The van der Waals surface area contributed by atoms with Crippen molar-refractivity contribution in [2.24, 2.45) is 11.3 Å². The second-order valence-electron chi connectivity index (χ2n) is 7.89. The summed E-state index contributed by atoms with van der Waals surface area (Å²) in [7, 11) is 0. The van der Waals surface area contributed by atoms with E-state index in [4.69, 9.17) is 9.47 Å². The third kappa shape index (κ3) is 3.58. The molecule has 4 rings (SSSR count). The van der Waals surface area contributed by atoms with Gasteiger partial charge in [-0.15, -0.1) is 0 Å². The van der Waals surface area contributed by atoms with Crippen LogP contribution < -0.4 is 0 Å². The van der Waals surface area contributed by atoms with Gasteiger partial charge in [-0.1, -0.05) is 6.42 Å². The number of pyridine rings is 1. The molecule has 0 radical (unpaired) electrons. The Hall–Kier alpha value is -1.46. The van der Waals surface area contributed by atoms with Crippen LogP contribution in [0.5, 0.6) is 0 Å². The third-order valence-corrected chi connectivity index (χ3v) is 6.17. The first-order valence-corrected chi connectivity index (χ1v) is 9.65. The molecule has 136 valence electrons. The molecule has 1 saturated carbocycles. The Morgan fingerprint density at radius 3 is 2.88 bits per heavy atom. The van der Waals surface area contributed by atoms with Gasteiger partial charge in [0, 0.05) is 49.7 Å². The van der Waals surface area contributed by atoms with Crippen LogP contribution in [0.4, 0.5) is 0 Å². The second kappa shape index (κ2) is 7.42. The van der Waals surface area contributed by atoms with Crippen LogP contribution in [0.25, 0.3) is 0 Å². The Morgan fingerprint density at radius 1 is 1.28 bits per heavy atom. The zero-order chi connectivity index (χ0) is 17.1. The minimum atomic E-state index is -0.0388. The highest BCUT2D eigenvalue weighted by atomic mass is 16.5. The van der Waals surface area contributed by atoms with Crippen LogP contribution in [0.1, 0.15) is 48.9 Å². The van der Waals surface area contributed by atoms with Gasteiger partial charge < -0.3 is 14.4 Å². The summed E-state index contributed by atoms with van der Waals surface area (Å²) in [6, 6.07) is 3.59. The normalized spacial score (nSPS) is 29.8. The van der Waals surface area contributed by atoms with Crippen molar-refractivity contribution in [3.63, 3.8) is 0 Å². The average molecular weight is 344 g/mol. The van der Waals surface area contributed by atoms with Crippen molar-refractivity contribution in [3.8, 4) is 0 Å². The Bertz CT molecular complexity index is 590. The average Bonchev–Trinajstić information content (AvgIpc) is 2.63. The lowest BCUT2D eigenvalue weighted by molar-refractivity contribution is -0.150. The van der Waals surface area contributed by atoms with Crippen LogP contribution >= 0.6 is 0 Å². The molecule has 25 heavy (non-hydrogen) atoms. The molecule has 0 aromatic carbocycles. The number of carbonyl (C=O) groups excluding carboxylic acids is 1. The van der Waals surface area contributed by atoms with E-state index < -0.39 is 0 Å². The van der Waals surface area contributed by atoms with Crippen LogP contribution in [0.2, 0.25) is 0 Å². The van der Waals surface area contributed by atoms with Crippen LogP contribution in [0.3, 0.4) is 0 Å². The van der Waals surface area contributed by atoms with Crippen LogP contribution in [0, 0.1) is 11.3 Å². The molecule has 3 heterocycles. The van der Waals surface area contributed by atoms with Crippen molar-refractivity contribution < 1.29 is 14.3 Å². The van der Waals surface area contributed by atoms with Gasteiger partial charge in [0.1, 0.15) is 0 Å². The first kappa shape index (κ1) is 17.0. The van der Waals surface area contributed by atoms with Gasteiger partial charge in [0.25, 0.3) is 5.91 Å². The first-order chi connectivity index (χ1) is 12.3. The van der Waals surface area contributed by atoms with Crippen LogP contribution in [0.15, 0.2) is 24.5 Å². The van der Waals surface area contributed by atoms with Gasteiger partial charge in [-0.3, -0.25) is 9.78 Å². The molecule has 0 spiro atoms. The first-order valence-electron chi connectivity index (χ1n) is 9.65. The lowest BCUT2D eigenvalue weighted by Gasteiger charge is -2.50. The number of hydrogen-bond donors (Lipinski definition) is 0. The lowest BCUT2D eigenvalue weighted by Crippen LogP contribution is -2.58. The molecular formula is C20H28N2O3. The monoisotopic (exact) mass is 344 g/mol. The van der Waals surface area contributed by atoms with E-state index in [1.165, 1.54) is 19.3 Å². The number of likely N-dealkylation sites (tertiary alicyclic amines) is 1. The molecule has 1 amide bonds. The minimum absolute atomic E-state index is 0.0388. The maximum absolute atomic E-state index is 12.9. The minimum Gasteiger partial charge on any atom is -0.380 e. The number of aromatic nitrogens is 1. The molecule has 2 atom stereocenters. The summed E-state index contributed by atoms with van der Waals surface area (Å²) >= 11 is 0. The lowest BCUT2D eigenvalue weighted by atomic mass is 9.73. The number of amides is 1. The van der Waals surface area contributed by atoms with E-state index in [1.54, 1.807) is 24.5 Å². The second-order valence-corrected chi connectivity index (χ2v) is 7.89. The van der Waals surface area contributed by atoms with Crippen molar-refractivity contribution >= 4 is 5.91 Å². The van der Waals surface area contributed by atoms with E-state index in [2.05, 4.69) is 4.98 Å². The van der Waals surface area contributed by atoms with E-state index in [1.807, 2.05) is 4.90 Å². The topological polar surface area (TPSA) is 51.7 Å². The van der Waals surface area contributed by atoms with Crippen LogP contribution in [-0.2, 0) is 9.47 Å². The Labute approximate surface area is 149 Å². The summed E-state index contributed by atoms with van der Waals surface area (Å²) in [5.41, 5.74) is 0.680. The maximum atomic E-state index is 12.9. The quantitative estimate of drug-likeness (QED) is 0.824. The number of hydrogen-bond acceptors (Lipinski definition) is 4. The molecule has 3 fully saturated rings. The van der Waals surface area contributed by atoms with Gasteiger partial charge in [0.15, 0.2) is 0 Å². The van der Waals surface area contributed by atoms with Crippen molar-refractivity contribution in [2.75, 3.05) is 32.9 Å². The van der Waals surface area contributed by atoms with Crippen molar-refractivity contribution in [3.05, 3.63) is 30.1 Å². The fourth-order valence-corrected chi connectivity index (χ4v) is 4.44. The summed E-state index contributed by atoms with van der Waals surface area (Å²) < 4.78 is 12.2. The number of piperidine rings is 1.